The average molecular weight is 373 g/mol. The third-order valence-corrected chi connectivity index (χ3v) is 5.81. The highest BCUT2D eigenvalue weighted by Gasteiger charge is 2.21. The van der Waals surface area contributed by atoms with Crippen molar-refractivity contribution in [3.63, 3.8) is 0 Å². The Hall–Kier alpha value is -1.27. The Balaban J connectivity index is 1.93. The van der Waals surface area contributed by atoms with Crippen LogP contribution in [0.1, 0.15) is 32.6 Å². The van der Waals surface area contributed by atoms with E-state index < -0.39 is 10.0 Å². The topological polar surface area (TPSA) is 57.7 Å². The lowest BCUT2D eigenvalue weighted by Crippen LogP contribution is -2.38. The van der Waals surface area contributed by atoms with Crippen LogP contribution in [0.15, 0.2) is 24.3 Å². The first-order chi connectivity index (χ1) is 11.3. The van der Waals surface area contributed by atoms with Crippen molar-refractivity contribution < 1.29 is 13.2 Å². The molecule has 1 aromatic rings. The predicted octanol–water partition coefficient (Wildman–Crippen LogP) is 3.14. The molecule has 24 heavy (non-hydrogen) atoms. The van der Waals surface area contributed by atoms with E-state index in [1.807, 2.05) is 4.90 Å². The van der Waals surface area contributed by atoms with E-state index >= 15 is 0 Å². The van der Waals surface area contributed by atoms with Gasteiger partial charge in [0, 0.05) is 31.1 Å². The molecule has 0 atom stereocenters. The molecule has 0 radical (unpaired) electrons. The number of hydrogen-bond donors (Lipinski definition) is 0. The summed E-state index contributed by atoms with van der Waals surface area (Å²) in [6, 6.07) is 6.75. The molecule has 1 aliphatic heterocycles. The molecule has 1 heterocycles. The standard InChI is InChI=1S/C17H25ClN2O3S/c1-14-8-11-19(12-9-14)17(21)7-4-10-20(24(2,22)23)16-6-3-5-15(18)13-16/h3,5-6,13-14H,4,7-12H2,1-2H3. The molecule has 2 rings (SSSR count). The lowest BCUT2D eigenvalue weighted by molar-refractivity contribution is -0.132. The summed E-state index contributed by atoms with van der Waals surface area (Å²) in [5.74, 6) is 0.791. The zero-order valence-electron chi connectivity index (χ0n) is 14.2. The minimum Gasteiger partial charge on any atom is -0.343 e. The molecular formula is C17H25ClN2O3S. The Kier molecular flexibility index (Phi) is 6.52. The Morgan fingerprint density at radius 2 is 2.00 bits per heavy atom. The summed E-state index contributed by atoms with van der Waals surface area (Å²) in [6.07, 6.45) is 4.11. The number of carbonyl (C=O) groups is 1. The number of benzene rings is 1. The van der Waals surface area contributed by atoms with Gasteiger partial charge in [0.15, 0.2) is 0 Å². The molecule has 1 aromatic carbocycles. The summed E-state index contributed by atoms with van der Waals surface area (Å²) in [4.78, 5) is 14.2. The second kappa shape index (κ2) is 8.21. The summed E-state index contributed by atoms with van der Waals surface area (Å²) >= 11 is 5.95. The van der Waals surface area contributed by atoms with Crippen molar-refractivity contribution in [2.45, 2.75) is 32.6 Å². The van der Waals surface area contributed by atoms with Gasteiger partial charge in [-0.3, -0.25) is 9.10 Å². The number of amides is 1. The van der Waals surface area contributed by atoms with E-state index in [2.05, 4.69) is 6.92 Å². The lowest BCUT2D eigenvalue weighted by Gasteiger charge is -2.30. The number of rotatable bonds is 6. The molecule has 0 saturated carbocycles. The molecule has 0 aromatic heterocycles. The van der Waals surface area contributed by atoms with E-state index in [9.17, 15) is 13.2 Å². The van der Waals surface area contributed by atoms with Gasteiger partial charge in [0.2, 0.25) is 15.9 Å². The maximum Gasteiger partial charge on any atom is 0.232 e. The summed E-state index contributed by atoms with van der Waals surface area (Å²) in [5.41, 5.74) is 0.532. The Morgan fingerprint density at radius 3 is 2.58 bits per heavy atom. The smallest absolute Gasteiger partial charge is 0.232 e. The largest absolute Gasteiger partial charge is 0.343 e. The van der Waals surface area contributed by atoms with Crippen molar-refractivity contribution in [1.82, 2.24) is 4.90 Å². The van der Waals surface area contributed by atoms with E-state index in [4.69, 9.17) is 11.6 Å². The van der Waals surface area contributed by atoms with Gasteiger partial charge in [-0.05, 0) is 43.4 Å². The molecule has 0 unspecified atom stereocenters. The van der Waals surface area contributed by atoms with Crippen molar-refractivity contribution in [2.75, 3.05) is 30.2 Å². The highest BCUT2D eigenvalue weighted by Crippen LogP contribution is 2.22. The lowest BCUT2D eigenvalue weighted by atomic mass is 9.99. The number of nitrogens with zero attached hydrogens (tertiary/aromatic N) is 2. The van der Waals surface area contributed by atoms with E-state index in [0.29, 0.717) is 29.5 Å². The van der Waals surface area contributed by atoms with Crippen LogP contribution in [0, 0.1) is 5.92 Å². The molecular weight excluding hydrogens is 348 g/mol. The molecule has 1 aliphatic rings. The number of hydrogen-bond acceptors (Lipinski definition) is 3. The molecule has 1 fully saturated rings. The van der Waals surface area contributed by atoms with Crippen LogP contribution in [0.4, 0.5) is 5.69 Å². The van der Waals surface area contributed by atoms with Crippen molar-refractivity contribution in [3.8, 4) is 0 Å². The van der Waals surface area contributed by atoms with Gasteiger partial charge in [-0.15, -0.1) is 0 Å². The summed E-state index contributed by atoms with van der Waals surface area (Å²) in [6.45, 7) is 4.10. The predicted molar refractivity (Wildman–Crippen MR) is 97.9 cm³/mol. The van der Waals surface area contributed by atoms with Gasteiger partial charge in [-0.2, -0.15) is 0 Å². The first kappa shape index (κ1) is 19.1. The third-order valence-electron chi connectivity index (χ3n) is 4.38. The molecule has 134 valence electrons. The van der Waals surface area contributed by atoms with Gasteiger partial charge in [0.05, 0.1) is 11.9 Å². The summed E-state index contributed by atoms with van der Waals surface area (Å²) in [5, 5.41) is 0.486. The minimum absolute atomic E-state index is 0.112. The second-order valence-corrected chi connectivity index (χ2v) is 8.83. The minimum atomic E-state index is -3.42. The zero-order valence-corrected chi connectivity index (χ0v) is 15.8. The molecule has 0 N–H and O–H groups in total. The van der Waals surface area contributed by atoms with Crippen molar-refractivity contribution in [1.29, 1.82) is 0 Å². The molecule has 0 bridgehead atoms. The van der Waals surface area contributed by atoms with Crippen LogP contribution >= 0.6 is 11.6 Å². The first-order valence-corrected chi connectivity index (χ1v) is 10.5. The normalized spacial score (nSPS) is 16.2. The fourth-order valence-corrected chi connectivity index (χ4v) is 4.05. The maximum atomic E-state index is 12.3. The van der Waals surface area contributed by atoms with Gasteiger partial charge >= 0.3 is 0 Å². The van der Waals surface area contributed by atoms with E-state index in [-0.39, 0.29) is 12.5 Å². The second-order valence-electron chi connectivity index (χ2n) is 6.48. The van der Waals surface area contributed by atoms with E-state index in [0.717, 1.165) is 25.9 Å². The molecule has 0 aliphatic carbocycles. The zero-order chi connectivity index (χ0) is 17.7. The van der Waals surface area contributed by atoms with Crippen molar-refractivity contribution in [2.24, 2.45) is 5.92 Å². The van der Waals surface area contributed by atoms with Crippen LogP contribution in [-0.4, -0.2) is 45.1 Å². The monoisotopic (exact) mass is 372 g/mol. The van der Waals surface area contributed by atoms with E-state index in [1.54, 1.807) is 24.3 Å². The number of sulfonamides is 1. The van der Waals surface area contributed by atoms with Crippen LogP contribution in [0.25, 0.3) is 0 Å². The number of anilines is 1. The SMILES string of the molecule is CC1CCN(C(=O)CCCN(c2cccc(Cl)c2)S(C)(=O)=O)CC1. The third kappa shape index (κ3) is 5.38. The fourth-order valence-electron chi connectivity index (χ4n) is 2.91. The molecule has 7 heteroatoms. The van der Waals surface area contributed by atoms with Crippen LogP contribution in [0.2, 0.25) is 5.02 Å². The number of likely N-dealkylation sites (tertiary alicyclic amines) is 1. The van der Waals surface area contributed by atoms with E-state index in [1.165, 1.54) is 10.6 Å². The van der Waals surface area contributed by atoms with Gasteiger partial charge in [0.25, 0.3) is 0 Å². The van der Waals surface area contributed by atoms with Crippen molar-refractivity contribution in [3.05, 3.63) is 29.3 Å². The van der Waals surface area contributed by atoms with Gasteiger partial charge in [-0.1, -0.05) is 24.6 Å². The Morgan fingerprint density at radius 1 is 1.33 bits per heavy atom. The van der Waals surface area contributed by atoms with Crippen LogP contribution in [0.3, 0.4) is 0 Å². The van der Waals surface area contributed by atoms with Crippen LogP contribution in [0.5, 0.6) is 0 Å². The maximum absolute atomic E-state index is 12.3. The van der Waals surface area contributed by atoms with Crippen LogP contribution < -0.4 is 4.31 Å². The van der Waals surface area contributed by atoms with Gasteiger partial charge in [-0.25, -0.2) is 8.42 Å². The number of piperidine rings is 1. The quantitative estimate of drug-likeness (QED) is 0.770. The Labute approximate surface area is 149 Å². The first-order valence-electron chi connectivity index (χ1n) is 8.28. The van der Waals surface area contributed by atoms with Gasteiger partial charge in [0.1, 0.15) is 0 Å². The molecule has 1 amide bonds. The molecule has 0 spiro atoms. The number of halogens is 1. The van der Waals surface area contributed by atoms with Gasteiger partial charge < -0.3 is 4.90 Å². The summed E-state index contributed by atoms with van der Waals surface area (Å²) < 4.78 is 25.4. The number of carbonyl (C=O) groups excluding carboxylic acids is 1. The Bertz CT molecular complexity index is 670. The van der Waals surface area contributed by atoms with Crippen molar-refractivity contribution >= 4 is 33.2 Å². The molecule has 5 nitrogen and oxygen atoms in total. The average Bonchev–Trinajstić information content (AvgIpc) is 2.50. The molecule has 1 saturated heterocycles. The summed E-state index contributed by atoms with van der Waals surface area (Å²) in [7, 11) is -3.42. The highest BCUT2D eigenvalue weighted by atomic mass is 35.5. The van der Waals surface area contributed by atoms with Crippen LogP contribution in [-0.2, 0) is 14.8 Å². The highest BCUT2D eigenvalue weighted by molar-refractivity contribution is 7.92. The fraction of sp³-hybridized carbons (Fsp3) is 0.588.